The van der Waals surface area contributed by atoms with E-state index >= 15 is 0 Å². The molecule has 0 bridgehead atoms. The first-order chi connectivity index (χ1) is 9.13. The van der Waals surface area contributed by atoms with E-state index in [9.17, 15) is 4.79 Å². The minimum Gasteiger partial charge on any atom is -0.481 e. The number of nitrogens with one attached hydrogen (secondary N) is 1. The average Bonchev–Trinajstić information content (AvgIpc) is 2.38. The van der Waals surface area contributed by atoms with Crippen molar-refractivity contribution in [3.05, 3.63) is 29.8 Å². The third-order valence-corrected chi connectivity index (χ3v) is 3.77. The van der Waals surface area contributed by atoms with Gasteiger partial charge in [-0.1, -0.05) is 12.1 Å². The van der Waals surface area contributed by atoms with Crippen LogP contribution in [-0.2, 0) is 11.2 Å². The normalized spacial score (nSPS) is 23.0. The molecule has 1 saturated carbocycles. The summed E-state index contributed by atoms with van der Waals surface area (Å²) in [5, 5.41) is 12.2. The van der Waals surface area contributed by atoms with Crippen LogP contribution < -0.4 is 11.1 Å². The summed E-state index contributed by atoms with van der Waals surface area (Å²) in [7, 11) is 0. The van der Waals surface area contributed by atoms with Crippen LogP contribution in [0.3, 0.4) is 0 Å². The van der Waals surface area contributed by atoms with Crippen LogP contribution in [0, 0.1) is 5.92 Å². The molecule has 0 amide bonds. The van der Waals surface area contributed by atoms with Crippen molar-refractivity contribution in [1.29, 1.82) is 0 Å². The van der Waals surface area contributed by atoms with Gasteiger partial charge in [0.1, 0.15) is 0 Å². The Morgan fingerprint density at radius 1 is 1.32 bits per heavy atom. The molecule has 0 atom stereocenters. The molecule has 0 unspecified atom stereocenters. The lowest BCUT2D eigenvalue weighted by atomic mass is 9.86. The Kier molecular flexibility index (Phi) is 4.80. The lowest BCUT2D eigenvalue weighted by Gasteiger charge is -2.26. The van der Waals surface area contributed by atoms with Crippen molar-refractivity contribution >= 4 is 11.7 Å². The number of carbonyl (C=O) groups is 1. The monoisotopic (exact) mass is 262 g/mol. The van der Waals surface area contributed by atoms with Crippen LogP contribution in [0.2, 0.25) is 0 Å². The number of benzene rings is 1. The lowest BCUT2D eigenvalue weighted by molar-refractivity contribution is -0.136. The maximum absolute atomic E-state index is 10.7. The summed E-state index contributed by atoms with van der Waals surface area (Å²) in [5.74, 6) is -0.110. The van der Waals surface area contributed by atoms with Crippen LogP contribution in [0.15, 0.2) is 24.3 Å². The molecule has 4 N–H and O–H groups in total. The molecule has 0 aromatic heterocycles. The number of carboxylic acids is 1. The topological polar surface area (TPSA) is 75.3 Å². The zero-order valence-corrected chi connectivity index (χ0v) is 11.1. The first kappa shape index (κ1) is 13.9. The van der Waals surface area contributed by atoms with Gasteiger partial charge >= 0.3 is 5.97 Å². The molecule has 0 aliphatic heterocycles. The summed E-state index contributed by atoms with van der Waals surface area (Å²) in [6, 6.07) is 8.04. The number of carboxylic acid groups (broad SMARTS) is 1. The van der Waals surface area contributed by atoms with Crippen LogP contribution in [-0.4, -0.2) is 23.7 Å². The zero-order valence-electron chi connectivity index (χ0n) is 11.1. The van der Waals surface area contributed by atoms with E-state index in [0.29, 0.717) is 12.0 Å². The van der Waals surface area contributed by atoms with Crippen LogP contribution >= 0.6 is 0 Å². The lowest BCUT2D eigenvalue weighted by Crippen LogP contribution is -2.29. The highest BCUT2D eigenvalue weighted by atomic mass is 16.4. The van der Waals surface area contributed by atoms with Crippen molar-refractivity contribution in [2.24, 2.45) is 11.7 Å². The van der Waals surface area contributed by atoms with E-state index in [2.05, 4.69) is 5.32 Å². The number of nitrogens with two attached hydrogens (primary N) is 1. The molecule has 1 aromatic rings. The summed E-state index contributed by atoms with van der Waals surface area (Å²) >= 11 is 0. The van der Waals surface area contributed by atoms with Gasteiger partial charge in [0, 0.05) is 18.3 Å². The fourth-order valence-corrected chi connectivity index (χ4v) is 2.62. The summed E-state index contributed by atoms with van der Waals surface area (Å²) in [5.41, 5.74) is 7.74. The Bertz CT molecular complexity index is 426. The van der Waals surface area contributed by atoms with Crippen LogP contribution in [0.1, 0.15) is 31.2 Å². The van der Waals surface area contributed by atoms with Gasteiger partial charge in [0.25, 0.3) is 0 Å². The molecule has 0 saturated heterocycles. The maximum Gasteiger partial charge on any atom is 0.307 e. The zero-order chi connectivity index (χ0) is 13.7. The van der Waals surface area contributed by atoms with E-state index in [4.69, 9.17) is 10.8 Å². The van der Waals surface area contributed by atoms with Crippen LogP contribution in [0.5, 0.6) is 0 Å². The van der Waals surface area contributed by atoms with Crippen molar-refractivity contribution < 1.29 is 9.90 Å². The molecule has 1 aliphatic rings. The Morgan fingerprint density at radius 2 is 2.05 bits per heavy atom. The fourth-order valence-electron chi connectivity index (χ4n) is 2.62. The van der Waals surface area contributed by atoms with E-state index in [1.54, 1.807) is 0 Å². The van der Waals surface area contributed by atoms with Crippen LogP contribution in [0.4, 0.5) is 5.69 Å². The second kappa shape index (κ2) is 6.57. The number of anilines is 1. The average molecular weight is 262 g/mol. The Balaban J connectivity index is 1.83. The van der Waals surface area contributed by atoms with Crippen molar-refractivity contribution in [3.8, 4) is 0 Å². The van der Waals surface area contributed by atoms with Gasteiger partial charge in [-0.3, -0.25) is 4.79 Å². The molecule has 4 nitrogen and oxygen atoms in total. The van der Waals surface area contributed by atoms with Gasteiger partial charge in [0.15, 0.2) is 0 Å². The van der Waals surface area contributed by atoms with Gasteiger partial charge in [-0.15, -0.1) is 0 Å². The molecule has 1 fully saturated rings. The predicted octanol–water partition coefficient (Wildman–Crippen LogP) is 2.24. The minimum atomic E-state index is -0.793. The Morgan fingerprint density at radius 3 is 2.74 bits per heavy atom. The molecule has 19 heavy (non-hydrogen) atoms. The van der Waals surface area contributed by atoms with Gasteiger partial charge < -0.3 is 16.2 Å². The molecule has 4 heteroatoms. The predicted molar refractivity (Wildman–Crippen MR) is 76.2 cm³/mol. The summed E-state index contributed by atoms with van der Waals surface area (Å²) in [6.45, 7) is 0.948. The maximum atomic E-state index is 10.7. The first-order valence-electron chi connectivity index (χ1n) is 6.93. The van der Waals surface area contributed by atoms with Gasteiger partial charge in [0.2, 0.25) is 0 Å². The molecular weight excluding hydrogens is 240 g/mol. The van der Waals surface area contributed by atoms with E-state index in [1.807, 2.05) is 24.3 Å². The third kappa shape index (κ3) is 4.56. The van der Waals surface area contributed by atoms with Gasteiger partial charge in [0.05, 0.1) is 6.42 Å². The number of hydrogen-bond donors (Lipinski definition) is 3. The van der Waals surface area contributed by atoms with Crippen molar-refractivity contribution in [2.75, 3.05) is 11.9 Å². The van der Waals surface area contributed by atoms with Crippen molar-refractivity contribution in [1.82, 2.24) is 0 Å². The van der Waals surface area contributed by atoms with E-state index in [1.165, 1.54) is 12.8 Å². The largest absolute Gasteiger partial charge is 0.481 e. The van der Waals surface area contributed by atoms with Gasteiger partial charge in [-0.2, -0.15) is 0 Å². The molecule has 1 aliphatic carbocycles. The quantitative estimate of drug-likeness (QED) is 0.760. The SMILES string of the molecule is NC1CCC(CNc2cccc(CC(=O)O)c2)CC1. The minimum absolute atomic E-state index is 0.0772. The fraction of sp³-hybridized carbons (Fsp3) is 0.533. The molecule has 0 heterocycles. The molecule has 0 radical (unpaired) electrons. The highest BCUT2D eigenvalue weighted by Gasteiger charge is 2.18. The van der Waals surface area contributed by atoms with E-state index < -0.39 is 5.97 Å². The summed E-state index contributed by atoms with van der Waals surface area (Å²) < 4.78 is 0. The van der Waals surface area contributed by atoms with Crippen LogP contribution in [0.25, 0.3) is 0 Å². The smallest absolute Gasteiger partial charge is 0.307 e. The second-order valence-corrected chi connectivity index (χ2v) is 5.43. The Hall–Kier alpha value is -1.55. The first-order valence-corrected chi connectivity index (χ1v) is 6.93. The molecule has 1 aromatic carbocycles. The van der Waals surface area contributed by atoms with Gasteiger partial charge in [-0.25, -0.2) is 0 Å². The van der Waals surface area contributed by atoms with Gasteiger partial charge in [-0.05, 0) is 49.3 Å². The number of hydrogen-bond acceptors (Lipinski definition) is 3. The molecule has 0 spiro atoms. The molecule has 104 valence electrons. The molecule has 2 rings (SSSR count). The van der Waals surface area contributed by atoms with E-state index in [0.717, 1.165) is 30.6 Å². The standard InChI is InChI=1S/C15H22N2O2/c16-13-6-4-11(5-7-13)10-17-14-3-1-2-12(8-14)9-15(18)19/h1-3,8,11,13,17H,4-7,9-10,16H2,(H,18,19). The van der Waals surface area contributed by atoms with Crippen molar-refractivity contribution in [2.45, 2.75) is 38.1 Å². The third-order valence-electron chi connectivity index (χ3n) is 3.77. The molecular formula is C15H22N2O2. The summed E-state index contributed by atoms with van der Waals surface area (Å²) in [6.07, 6.45) is 4.68. The van der Waals surface area contributed by atoms with Crippen molar-refractivity contribution in [3.63, 3.8) is 0 Å². The highest BCUT2D eigenvalue weighted by molar-refractivity contribution is 5.70. The number of aliphatic carboxylic acids is 1. The highest BCUT2D eigenvalue weighted by Crippen LogP contribution is 2.23. The number of rotatable bonds is 5. The Labute approximate surface area is 114 Å². The summed E-state index contributed by atoms with van der Waals surface area (Å²) in [4.78, 5) is 10.7. The second-order valence-electron chi connectivity index (χ2n) is 5.43. The van der Waals surface area contributed by atoms with E-state index in [-0.39, 0.29) is 6.42 Å².